The number of anilines is 1. The Kier molecular flexibility index (Phi) is 4.29. The molecule has 1 amide bonds. The van der Waals surface area contributed by atoms with Crippen molar-refractivity contribution >= 4 is 27.5 Å². The van der Waals surface area contributed by atoms with E-state index in [-0.39, 0.29) is 5.56 Å². The predicted octanol–water partition coefficient (Wildman–Crippen LogP) is 2.76. The first-order valence-electron chi connectivity index (χ1n) is 5.58. The lowest BCUT2D eigenvalue weighted by Gasteiger charge is -2.17. The van der Waals surface area contributed by atoms with Crippen LogP contribution in [0.15, 0.2) is 41.1 Å². The van der Waals surface area contributed by atoms with Crippen molar-refractivity contribution in [2.45, 2.75) is 6.04 Å². The first kappa shape index (κ1) is 14.4. The Labute approximate surface area is 122 Å². The summed E-state index contributed by atoms with van der Waals surface area (Å²) in [5, 5.41) is 2.73. The number of hydrogen-bond acceptors (Lipinski definition) is 3. The van der Waals surface area contributed by atoms with Crippen LogP contribution in [0.1, 0.15) is 11.6 Å². The molecule has 2 rings (SSSR count). The molecule has 1 aromatic carbocycles. The van der Waals surface area contributed by atoms with Crippen molar-refractivity contribution in [1.82, 2.24) is 4.98 Å². The van der Waals surface area contributed by atoms with Crippen LogP contribution in [0.4, 0.5) is 14.5 Å². The number of nitrogens with one attached hydrogen (secondary N) is 1. The van der Waals surface area contributed by atoms with Gasteiger partial charge in [-0.2, -0.15) is 0 Å². The molecule has 0 radical (unpaired) electrons. The van der Waals surface area contributed by atoms with Gasteiger partial charge >= 0.3 is 0 Å². The first-order valence-corrected chi connectivity index (χ1v) is 6.38. The summed E-state index contributed by atoms with van der Waals surface area (Å²) in [7, 11) is 0. The summed E-state index contributed by atoms with van der Waals surface area (Å²) in [6.45, 7) is 0. The highest BCUT2D eigenvalue weighted by molar-refractivity contribution is 9.10. The van der Waals surface area contributed by atoms with Crippen molar-refractivity contribution in [3.63, 3.8) is 0 Å². The van der Waals surface area contributed by atoms with E-state index in [1.165, 1.54) is 6.20 Å². The fraction of sp³-hybridized carbons (Fsp3) is 0.0769. The number of halogens is 3. The normalized spacial score (nSPS) is 11.9. The standard InChI is InChI=1S/C13H10BrF2N3O/c14-7-3-9(6-18-5-7)19-12(13(17)20)10-4-8(15)1-2-11(10)16/h1-6,12,19H,(H2,17,20). The van der Waals surface area contributed by atoms with Crippen LogP contribution in [-0.2, 0) is 4.79 Å². The molecule has 0 fully saturated rings. The number of benzene rings is 1. The number of aromatic nitrogens is 1. The third-order valence-corrected chi connectivity index (χ3v) is 3.00. The van der Waals surface area contributed by atoms with Crippen LogP contribution in [0.5, 0.6) is 0 Å². The second-order valence-corrected chi connectivity index (χ2v) is 4.95. The summed E-state index contributed by atoms with van der Waals surface area (Å²) < 4.78 is 27.6. The van der Waals surface area contributed by atoms with Gasteiger partial charge in [-0.25, -0.2) is 8.78 Å². The largest absolute Gasteiger partial charge is 0.369 e. The van der Waals surface area contributed by atoms with Crippen molar-refractivity contribution in [3.05, 3.63) is 58.3 Å². The average Bonchev–Trinajstić information content (AvgIpc) is 2.39. The molecule has 0 aliphatic heterocycles. The zero-order chi connectivity index (χ0) is 14.7. The molecular weight excluding hydrogens is 332 g/mol. The van der Waals surface area contributed by atoms with Gasteiger partial charge in [0.05, 0.1) is 11.9 Å². The van der Waals surface area contributed by atoms with Crippen LogP contribution in [0.25, 0.3) is 0 Å². The number of nitrogens with zero attached hydrogens (tertiary/aromatic N) is 1. The van der Waals surface area contributed by atoms with Gasteiger partial charge in [0.15, 0.2) is 0 Å². The minimum absolute atomic E-state index is 0.155. The Hall–Kier alpha value is -2.02. The SMILES string of the molecule is NC(=O)C(Nc1cncc(Br)c1)c1cc(F)ccc1F. The van der Waals surface area contributed by atoms with Crippen molar-refractivity contribution in [3.8, 4) is 0 Å². The average molecular weight is 342 g/mol. The highest BCUT2D eigenvalue weighted by atomic mass is 79.9. The molecule has 1 heterocycles. The Morgan fingerprint density at radius 3 is 2.70 bits per heavy atom. The fourth-order valence-corrected chi connectivity index (χ4v) is 2.06. The maximum absolute atomic E-state index is 13.7. The number of hydrogen-bond donors (Lipinski definition) is 2. The Morgan fingerprint density at radius 1 is 1.30 bits per heavy atom. The number of amides is 1. The molecule has 7 heteroatoms. The van der Waals surface area contributed by atoms with Gasteiger partial charge < -0.3 is 11.1 Å². The van der Waals surface area contributed by atoms with Gasteiger partial charge in [-0.05, 0) is 40.2 Å². The number of pyridine rings is 1. The van der Waals surface area contributed by atoms with Crippen LogP contribution >= 0.6 is 15.9 Å². The Bertz CT molecular complexity index is 651. The number of carbonyl (C=O) groups is 1. The van der Waals surface area contributed by atoms with E-state index >= 15 is 0 Å². The van der Waals surface area contributed by atoms with Crippen molar-refractivity contribution in [1.29, 1.82) is 0 Å². The molecule has 0 aliphatic carbocycles. The maximum atomic E-state index is 13.7. The summed E-state index contributed by atoms with van der Waals surface area (Å²) in [4.78, 5) is 15.4. The van der Waals surface area contributed by atoms with Gasteiger partial charge in [0.25, 0.3) is 0 Å². The molecule has 1 atom stereocenters. The summed E-state index contributed by atoms with van der Waals surface area (Å²) in [6.07, 6.45) is 2.99. The Balaban J connectivity index is 2.37. The topological polar surface area (TPSA) is 68.0 Å². The third-order valence-electron chi connectivity index (χ3n) is 2.57. The molecule has 0 aliphatic rings. The van der Waals surface area contributed by atoms with Gasteiger partial charge in [-0.3, -0.25) is 9.78 Å². The lowest BCUT2D eigenvalue weighted by molar-refractivity contribution is -0.118. The third kappa shape index (κ3) is 3.30. The van der Waals surface area contributed by atoms with Crippen LogP contribution < -0.4 is 11.1 Å². The predicted molar refractivity (Wildman–Crippen MR) is 73.9 cm³/mol. The minimum Gasteiger partial charge on any atom is -0.369 e. The maximum Gasteiger partial charge on any atom is 0.244 e. The molecule has 0 bridgehead atoms. The summed E-state index contributed by atoms with van der Waals surface area (Å²) in [6, 6.07) is 3.30. The summed E-state index contributed by atoms with van der Waals surface area (Å²) in [5.74, 6) is -2.19. The second kappa shape index (κ2) is 5.96. The van der Waals surface area contributed by atoms with Gasteiger partial charge in [-0.1, -0.05) is 0 Å². The number of rotatable bonds is 4. The van der Waals surface area contributed by atoms with Crippen LogP contribution in [0.2, 0.25) is 0 Å². The molecule has 3 N–H and O–H groups in total. The summed E-state index contributed by atoms with van der Waals surface area (Å²) in [5.41, 5.74) is 5.55. The van der Waals surface area contributed by atoms with Crippen LogP contribution in [0.3, 0.4) is 0 Å². The van der Waals surface area contributed by atoms with E-state index in [0.717, 1.165) is 18.2 Å². The quantitative estimate of drug-likeness (QED) is 0.898. The fourth-order valence-electron chi connectivity index (χ4n) is 1.70. The highest BCUT2D eigenvalue weighted by Gasteiger charge is 2.22. The van der Waals surface area contributed by atoms with Gasteiger partial charge in [-0.15, -0.1) is 0 Å². The summed E-state index contributed by atoms with van der Waals surface area (Å²) >= 11 is 3.22. The zero-order valence-corrected chi connectivity index (χ0v) is 11.7. The molecule has 2 aromatic rings. The molecular formula is C13H10BrF2N3O. The Morgan fingerprint density at radius 2 is 2.05 bits per heavy atom. The lowest BCUT2D eigenvalue weighted by Crippen LogP contribution is -2.28. The van der Waals surface area contributed by atoms with Gasteiger partial charge in [0.2, 0.25) is 5.91 Å². The van der Waals surface area contributed by atoms with Crippen LogP contribution in [-0.4, -0.2) is 10.9 Å². The molecule has 20 heavy (non-hydrogen) atoms. The van der Waals surface area contributed by atoms with E-state index < -0.39 is 23.6 Å². The van der Waals surface area contributed by atoms with Gasteiger partial charge in [0, 0.05) is 16.2 Å². The molecule has 1 aromatic heterocycles. The lowest BCUT2D eigenvalue weighted by atomic mass is 10.1. The molecule has 4 nitrogen and oxygen atoms in total. The van der Waals surface area contributed by atoms with Crippen molar-refractivity contribution in [2.24, 2.45) is 5.73 Å². The highest BCUT2D eigenvalue weighted by Crippen LogP contribution is 2.24. The van der Waals surface area contributed by atoms with Crippen molar-refractivity contribution in [2.75, 3.05) is 5.32 Å². The number of nitrogens with two attached hydrogens (primary N) is 1. The molecule has 1 unspecified atom stereocenters. The van der Waals surface area contributed by atoms with Crippen LogP contribution in [0, 0.1) is 11.6 Å². The first-order chi connectivity index (χ1) is 9.47. The second-order valence-electron chi connectivity index (χ2n) is 4.04. The molecule has 104 valence electrons. The van der Waals surface area contributed by atoms with E-state index in [4.69, 9.17) is 5.73 Å². The van der Waals surface area contributed by atoms with E-state index in [9.17, 15) is 13.6 Å². The van der Waals surface area contributed by atoms with E-state index in [2.05, 4.69) is 26.2 Å². The number of carbonyl (C=O) groups excluding carboxylic acids is 1. The van der Waals surface area contributed by atoms with E-state index in [0.29, 0.717) is 10.2 Å². The minimum atomic E-state index is -1.19. The zero-order valence-electron chi connectivity index (χ0n) is 10.1. The molecule has 0 saturated heterocycles. The smallest absolute Gasteiger partial charge is 0.244 e. The van der Waals surface area contributed by atoms with Gasteiger partial charge in [0.1, 0.15) is 17.7 Å². The molecule has 0 spiro atoms. The monoisotopic (exact) mass is 341 g/mol. The molecule has 0 saturated carbocycles. The van der Waals surface area contributed by atoms with Crippen molar-refractivity contribution < 1.29 is 13.6 Å². The van der Waals surface area contributed by atoms with E-state index in [1.807, 2.05) is 0 Å². The van der Waals surface area contributed by atoms with E-state index in [1.54, 1.807) is 12.3 Å². The number of primary amides is 1.